The van der Waals surface area contributed by atoms with E-state index in [9.17, 15) is 4.79 Å². The fourth-order valence-corrected chi connectivity index (χ4v) is 2.16. The molecule has 0 fully saturated rings. The molecule has 1 aromatic heterocycles. The minimum atomic E-state index is -0.310. The van der Waals surface area contributed by atoms with Crippen molar-refractivity contribution >= 4 is 5.97 Å². The quantitative estimate of drug-likeness (QED) is 0.734. The van der Waals surface area contributed by atoms with Gasteiger partial charge in [-0.1, -0.05) is 42.5 Å². The van der Waals surface area contributed by atoms with Crippen LogP contribution >= 0.6 is 0 Å². The topological polar surface area (TPSA) is 55.0 Å². The van der Waals surface area contributed by atoms with Crippen LogP contribution in [0.2, 0.25) is 0 Å². The second-order valence-corrected chi connectivity index (χ2v) is 5.00. The highest BCUT2D eigenvalue weighted by Gasteiger charge is 2.07. The Morgan fingerprint density at radius 2 is 1.77 bits per heavy atom. The molecule has 4 nitrogen and oxygen atoms in total. The predicted molar refractivity (Wildman–Crippen MR) is 83.4 cm³/mol. The van der Waals surface area contributed by atoms with E-state index in [1.54, 1.807) is 18.5 Å². The summed E-state index contributed by atoms with van der Waals surface area (Å²) in [4.78, 5) is 19.1. The lowest BCUT2D eigenvalue weighted by molar-refractivity contribution is 0.0472. The Hall–Kier alpha value is -2.88. The molecule has 0 aliphatic carbocycles. The Labute approximate surface area is 128 Å². The molecule has 0 bridgehead atoms. The zero-order valence-corrected chi connectivity index (χ0v) is 12.0. The van der Waals surface area contributed by atoms with Gasteiger partial charge in [-0.15, -0.1) is 0 Å². The Morgan fingerprint density at radius 3 is 2.45 bits per heavy atom. The van der Waals surface area contributed by atoms with Gasteiger partial charge in [-0.3, -0.25) is 0 Å². The van der Waals surface area contributed by atoms with E-state index in [1.807, 2.05) is 48.7 Å². The van der Waals surface area contributed by atoms with Crippen LogP contribution in [-0.2, 0) is 17.8 Å². The molecule has 22 heavy (non-hydrogen) atoms. The third kappa shape index (κ3) is 3.61. The summed E-state index contributed by atoms with van der Waals surface area (Å²) in [6.07, 6.45) is 4.26. The van der Waals surface area contributed by atoms with E-state index < -0.39 is 0 Å². The molecule has 1 heterocycles. The lowest BCUT2D eigenvalue weighted by Crippen LogP contribution is -2.05. The number of nitrogens with zero attached hydrogens (tertiary/aromatic N) is 1. The minimum Gasteiger partial charge on any atom is -0.457 e. The first-order valence-corrected chi connectivity index (χ1v) is 7.09. The number of hydrogen-bond donors (Lipinski definition) is 1. The molecule has 1 N–H and O–H groups in total. The molecule has 0 aliphatic heterocycles. The van der Waals surface area contributed by atoms with Crippen LogP contribution in [0.15, 0.2) is 67.1 Å². The van der Waals surface area contributed by atoms with Crippen molar-refractivity contribution in [1.29, 1.82) is 0 Å². The van der Waals surface area contributed by atoms with E-state index >= 15 is 0 Å². The summed E-state index contributed by atoms with van der Waals surface area (Å²) in [5.74, 6) is -0.310. The van der Waals surface area contributed by atoms with E-state index in [0.29, 0.717) is 5.56 Å². The molecule has 0 aliphatic rings. The van der Waals surface area contributed by atoms with Crippen molar-refractivity contribution in [1.82, 2.24) is 9.97 Å². The van der Waals surface area contributed by atoms with Gasteiger partial charge < -0.3 is 9.72 Å². The molecule has 0 amide bonds. The number of H-pyrrole nitrogens is 1. The van der Waals surface area contributed by atoms with Crippen molar-refractivity contribution in [3.63, 3.8) is 0 Å². The number of aromatic amines is 1. The van der Waals surface area contributed by atoms with Crippen LogP contribution in [0.4, 0.5) is 0 Å². The van der Waals surface area contributed by atoms with Gasteiger partial charge in [0.25, 0.3) is 0 Å². The van der Waals surface area contributed by atoms with Gasteiger partial charge in [0.15, 0.2) is 0 Å². The maximum atomic E-state index is 12.0. The first kappa shape index (κ1) is 14.1. The van der Waals surface area contributed by atoms with Crippen LogP contribution in [0.25, 0.3) is 0 Å². The maximum absolute atomic E-state index is 12.0. The van der Waals surface area contributed by atoms with Crippen molar-refractivity contribution in [3.8, 4) is 0 Å². The molecule has 0 atom stereocenters. The van der Waals surface area contributed by atoms with Crippen molar-refractivity contribution in [2.24, 2.45) is 0 Å². The van der Waals surface area contributed by atoms with Gasteiger partial charge in [0.05, 0.1) is 17.6 Å². The van der Waals surface area contributed by atoms with Crippen LogP contribution < -0.4 is 0 Å². The first-order valence-electron chi connectivity index (χ1n) is 7.09. The van der Waals surface area contributed by atoms with Crippen LogP contribution in [0.5, 0.6) is 0 Å². The van der Waals surface area contributed by atoms with E-state index in [0.717, 1.165) is 23.2 Å². The highest BCUT2D eigenvalue weighted by molar-refractivity contribution is 5.89. The molecular weight excluding hydrogens is 276 g/mol. The molecule has 0 saturated heterocycles. The molecule has 0 radical (unpaired) electrons. The van der Waals surface area contributed by atoms with Crippen LogP contribution in [0.3, 0.4) is 0 Å². The van der Waals surface area contributed by atoms with E-state index in [4.69, 9.17) is 4.74 Å². The number of nitrogens with one attached hydrogen (secondary N) is 1. The highest BCUT2D eigenvalue weighted by Crippen LogP contribution is 2.11. The summed E-state index contributed by atoms with van der Waals surface area (Å²) < 4.78 is 5.30. The summed E-state index contributed by atoms with van der Waals surface area (Å²) in [7, 11) is 0. The molecule has 0 unspecified atom stereocenters. The van der Waals surface area contributed by atoms with Gasteiger partial charge in [0.1, 0.15) is 6.61 Å². The Balaban J connectivity index is 1.59. The summed E-state index contributed by atoms with van der Waals surface area (Å²) in [5.41, 5.74) is 3.61. The normalized spacial score (nSPS) is 10.4. The van der Waals surface area contributed by atoms with E-state index in [2.05, 4.69) is 9.97 Å². The molecule has 0 spiro atoms. The summed E-state index contributed by atoms with van der Waals surface area (Å²) in [6, 6.07) is 17.1. The predicted octanol–water partition coefficient (Wildman–Crippen LogP) is 3.36. The molecule has 2 aromatic carbocycles. The van der Waals surface area contributed by atoms with Crippen LogP contribution in [0.1, 0.15) is 27.2 Å². The largest absolute Gasteiger partial charge is 0.457 e. The van der Waals surface area contributed by atoms with Crippen molar-refractivity contribution in [2.75, 3.05) is 0 Å². The van der Waals surface area contributed by atoms with Gasteiger partial charge in [-0.05, 0) is 23.3 Å². The van der Waals surface area contributed by atoms with Crippen LogP contribution in [0, 0.1) is 0 Å². The average molecular weight is 292 g/mol. The number of carbonyl (C=O) groups is 1. The molecule has 110 valence electrons. The zero-order chi connectivity index (χ0) is 15.2. The second kappa shape index (κ2) is 6.72. The number of aromatic nitrogens is 2. The SMILES string of the molecule is O=C(OCc1ccccc1)c1ccc(Cc2c[nH]cn2)cc1. The fourth-order valence-electron chi connectivity index (χ4n) is 2.16. The summed E-state index contributed by atoms with van der Waals surface area (Å²) >= 11 is 0. The lowest BCUT2D eigenvalue weighted by Gasteiger charge is -2.05. The van der Waals surface area contributed by atoms with Crippen molar-refractivity contribution in [3.05, 3.63) is 89.5 Å². The standard InChI is InChI=1S/C18H16N2O2/c21-18(22-12-15-4-2-1-3-5-15)16-8-6-14(7-9-16)10-17-11-19-13-20-17/h1-9,11,13H,10,12H2,(H,19,20). The number of imidazole rings is 1. The highest BCUT2D eigenvalue weighted by atomic mass is 16.5. The Morgan fingerprint density at radius 1 is 1.00 bits per heavy atom. The van der Waals surface area contributed by atoms with E-state index in [-0.39, 0.29) is 12.6 Å². The summed E-state index contributed by atoms with van der Waals surface area (Å²) in [5, 5.41) is 0. The number of carbonyl (C=O) groups excluding carboxylic acids is 1. The smallest absolute Gasteiger partial charge is 0.338 e. The number of esters is 1. The third-order valence-corrected chi connectivity index (χ3v) is 3.34. The van der Waals surface area contributed by atoms with Gasteiger partial charge >= 0.3 is 5.97 Å². The molecule has 0 saturated carbocycles. The maximum Gasteiger partial charge on any atom is 0.338 e. The number of benzene rings is 2. The monoisotopic (exact) mass is 292 g/mol. The van der Waals surface area contributed by atoms with Crippen LogP contribution in [-0.4, -0.2) is 15.9 Å². The zero-order valence-electron chi connectivity index (χ0n) is 12.0. The molecule has 3 rings (SSSR count). The number of rotatable bonds is 5. The van der Waals surface area contributed by atoms with Crippen molar-refractivity contribution in [2.45, 2.75) is 13.0 Å². The minimum absolute atomic E-state index is 0.286. The average Bonchev–Trinajstić information content (AvgIpc) is 3.07. The van der Waals surface area contributed by atoms with Crippen molar-refractivity contribution < 1.29 is 9.53 Å². The third-order valence-electron chi connectivity index (χ3n) is 3.34. The lowest BCUT2D eigenvalue weighted by atomic mass is 10.1. The molecule has 3 aromatic rings. The van der Waals surface area contributed by atoms with Gasteiger partial charge in [0, 0.05) is 12.6 Å². The molecular formula is C18H16N2O2. The Kier molecular flexibility index (Phi) is 4.30. The number of ether oxygens (including phenoxy) is 1. The van der Waals surface area contributed by atoms with Gasteiger partial charge in [-0.2, -0.15) is 0 Å². The van der Waals surface area contributed by atoms with Gasteiger partial charge in [-0.25, -0.2) is 9.78 Å². The summed E-state index contributed by atoms with van der Waals surface area (Å²) in [6.45, 7) is 0.286. The fraction of sp³-hybridized carbons (Fsp3) is 0.111. The van der Waals surface area contributed by atoms with Gasteiger partial charge in [0.2, 0.25) is 0 Å². The Bertz CT molecular complexity index is 720. The van der Waals surface area contributed by atoms with E-state index in [1.165, 1.54) is 0 Å². The molecule has 4 heteroatoms. The first-order chi connectivity index (χ1) is 10.8. The number of hydrogen-bond acceptors (Lipinski definition) is 3. The second-order valence-electron chi connectivity index (χ2n) is 5.00.